The lowest BCUT2D eigenvalue weighted by Crippen LogP contribution is -2.52. The molecule has 37 heavy (non-hydrogen) atoms. The summed E-state index contributed by atoms with van der Waals surface area (Å²) in [5.41, 5.74) is 2.16. The van der Waals surface area contributed by atoms with E-state index in [-0.39, 0.29) is 30.8 Å². The van der Waals surface area contributed by atoms with Gasteiger partial charge in [-0.1, -0.05) is 54.6 Å². The molecule has 0 fully saturated rings. The van der Waals surface area contributed by atoms with Crippen molar-refractivity contribution in [1.29, 1.82) is 0 Å². The highest BCUT2D eigenvalue weighted by Crippen LogP contribution is 2.28. The molecule has 3 aromatic carbocycles. The minimum Gasteiger partial charge on any atom is -0.493 e. The number of aryl methyl sites for hydroxylation is 1. The lowest BCUT2D eigenvalue weighted by molar-refractivity contribution is -0.141. The van der Waals surface area contributed by atoms with Crippen LogP contribution in [0.4, 0.5) is 4.39 Å². The van der Waals surface area contributed by atoms with E-state index in [2.05, 4.69) is 5.32 Å². The largest absolute Gasteiger partial charge is 0.493 e. The van der Waals surface area contributed by atoms with E-state index in [9.17, 15) is 14.0 Å². The first-order valence-electron chi connectivity index (χ1n) is 12.4. The second-order valence-corrected chi connectivity index (χ2v) is 9.17. The van der Waals surface area contributed by atoms with Gasteiger partial charge >= 0.3 is 0 Å². The van der Waals surface area contributed by atoms with E-state index in [1.165, 1.54) is 11.0 Å². The molecular formula is C30H35FN2O4. The van der Waals surface area contributed by atoms with Crippen LogP contribution in [0.5, 0.6) is 11.5 Å². The van der Waals surface area contributed by atoms with Gasteiger partial charge in [0.1, 0.15) is 11.9 Å². The maximum absolute atomic E-state index is 14.7. The Labute approximate surface area is 218 Å². The molecule has 3 rings (SSSR count). The van der Waals surface area contributed by atoms with Gasteiger partial charge in [0, 0.05) is 31.0 Å². The zero-order valence-corrected chi connectivity index (χ0v) is 21.9. The van der Waals surface area contributed by atoms with Crippen molar-refractivity contribution >= 4 is 11.8 Å². The summed E-state index contributed by atoms with van der Waals surface area (Å²) >= 11 is 0. The zero-order chi connectivity index (χ0) is 26.8. The highest BCUT2D eigenvalue weighted by molar-refractivity contribution is 5.88. The number of halogens is 1. The van der Waals surface area contributed by atoms with Gasteiger partial charge in [-0.2, -0.15) is 0 Å². The van der Waals surface area contributed by atoms with Crippen molar-refractivity contribution in [3.8, 4) is 11.5 Å². The lowest BCUT2D eigenvalue weighted by Gasteiger charge is -2.32. The fourth-order valence-corrected chi connectivity index (χ4v) is 4.18. The molecule has 1 atom stereocenters. The molecule has 3 aromatic rings. The number of rotatable bonds is 12. The molecule has 0 aliphatic heterocycles. The van der Waals surface area contributed by atoms with Crippen LogP contribution in [0.25, 0.3) is 0 Å². The molecule has 0 aliphatic carbocycles. The highest BCUT2D eigenvalue weighted by atomic mass is 19.1. The van der Waals surface area contributed by atoms with Crippen LogP contribution in [-0.4, -0.2) is 43.0 Å². The Hall–Kier alpha value is -3.87. The van der Waals surface area contributed by atoms with Crippen molar-refractivity contribution in [2.45, 2.75) is 51.7 Å². The van der Waals surface area contributed by atoms with E-state index < -0.39 is 11.9 Å². The van der Waals surface area contributed by atoms with Crippen LogP contribution in [0.1, 0.15) is 37.0 Å². The lowest BCUT2D eigenvalue weighted by atomic mass is 10.0. The van der Waals surface area contributed by atoms with Gasteiger partial charge in [0.2, 0.25) is 11.8 Å². The first-order chi connectivity index (χ1) is 17.8. The second kappa shape index (κ2) is 13.4. The fraction of sp³-hybridized carbons (Fsp3) is 0.333. The maximum atomic E-state index is 14.7. The Morgan fingerprint density at radius 2 is 1.57 bits per heavy atom. The number of methoxy groups -OCH3 is 2. The second-order valence-electron chi connectivity index (χ2n) is 9.17. The molecule has 0 aliphatic rings. The molecule has 6 nitrogen and oxygen atoms in total. The Bertz CT molecular complexity index is 1180. The molecule has 0 heterocycles. The Balaban J connectivity index is 1.91. The summed E-state index contributed by atoms with van der Waals surface area (Å²) in [5, 5.41) is 2.94. The number of amides is 2. The molecule has 196 valence electrons. The van der Waals surface area contributed by atoms with Crippen molar-refractivity contribution in [3.63, 3.8) is 0 Å². The average molecular weight is 507 g/mol. The normalized spacial score (nSPS) is 11.6. The summed E-state index contributed by atoms with van der Waals surface area (Å²) in [7, 11) is 3.13. The summed E-state index contributed by atoms with van der Waals surface area (Å²) in [6.07, 6.45) is 0.886. The van der Waals surface area contributed by atoms with Gasteiger partial charge in [-0.15, -0.1) is 0 Å². The maximum Gasteiger partial charge on any atom is 0.243 e. The van der Waals surface area contributed by atoms with Crippen molar-refractivity contribution in [1.82, 2.24) is 10.2 Å². The summed E-state index contributed by atoms with van der Waals surface area (Å²) in [6.45, 7) is 3.73. The molecule has 0 unspecified atom stereocenters. The van der Waals surface area contributed by atoms with Crippen molar-refractivity contribution in [2.24, 2.45) is 0 Å². The van der Waals surface area contributed by atoms with Gasteiger partial charge in [-0.25, -0.2) is 4.39 Å². The van der Waals surface area contributed by atoms with Crippen molar-refractivity contribution in [2.75, 3.05) is 14.2 Å². The number of ether oxygens (including phenoxy) is 2. The van der Waals surface area contributed by atoms with Gasteiger partial charge < -0.3 is 19.7 Å². The number of carbonyl (C=O) groups excluding carboxylic acids is 2. The first-order valence-corrected chi connectivity index (χ1v) is 12.4. The topological polar surface area (TPSA) is 67.9 Å². The SMILES string of the molecule is COc1ccc(CCC(=O)N(Cc2ccccc2F)[C@@H](Cc2ccccc2)C(=O)NC(C)C)cc1OC. The third-order valence-electron chi connectivity index (χ3n) is 6.08. The van der Waals surface area contributed by atoms with Crippen LogP contribution in [0.2, 0.25) is 0 Å². The van der Waals surface area contributed by atoms with E-state index in [0.717, 1.165) is 11.1 Å². The molecule has 0 saturated heterocycles. The molecule has 0 aromatic heterocycles. The summed E-state index contributed by atoms with van der Waals surface area (Å²) in [5.74, 6) is 0.261. The molecule has 1 N–H and O–H groups in total. The van der Waals surface area contributed by atoms with Crippen LogP contribution < -0.4 is 14.8 Å². The van der Waals surface area contributed by atoms with E-state index in [0.29, 0.717) is 29.9 Å². The highest BCUT2D eigenvalue weighted by Gasteiger charge is 2.31. The van der Waals surface area contributed by atoms with Gasteiger partial charge in [0.15, 0.2) is 11.5 Å². The predicted octanol–water partition coefficient (Wildman–Crippen LogP) is 4.94. The number of hydrogen-bond acceptors (Lipinski definition) is 4. The van der Waals surface area contributed by atoms with E-state index >= 15 is 0 Å². The van der Waals surface area contributed by atoms with Crippen molar-refractivity contribution < 1.29 is 23.5 Å². The number of nitrogens with zero attached hydrogens (tertiary/aromatic N) is 1. The minimum absolute atomic E-state index is 0.0134. The third kappa shape index (κ3) is 7.81. The Morgan fingerprint density at radius 3 is 2.22 bits per heavy atom. The predicted molar refractivity (Wildman–Crippen MR) is 142 cm³/mol. The fourth-order valence-electron chi connectivity index (χ4n) is 4.18. The van der Waals surface area contributed by atoms with Crippen molar-refractivity contribution in [3.05, 3.63) is 95.3 Å². The molecular weight excluding hydrogens is 471 g/mol. The van der Waals surface area contributed by atoms with Gasteiger partial charge in [-0.3, -0.25) is 9.59 Å². The Kier molecular flexibility index (Phi) is 10.1. The number of hydrogen-bond donors (Lipinski definition) is 1. The van der Waals surface area contributed by atoms with Crippen LogP contribution >= 0.6 is 0 Å². The first kappa shape index (κ1) is 27.7. The van der Waals surface area contributed by atoms with Crippen LogP contribution in [0.15, 0.2) is 72.8 Å². The van der Waals surface area contributed by atoms with Gasteiger partial charge in [0.25, 0.3) is 0 Å². The summed E-state index contributed by atoms with van der Waals surface area (Å²) < 4.78 is 25.3. The third-order valence-corrected chi connectivity index (χ3v) is 6.08. The quantitative estimate of drug-likeness (QED) is 0.378. The Morgan fingerprint density at radius 1 is 0.892 bits per heavy atom. The van der Waals surface area contributed by atoms with E-state index in [1.54, 1.807) is 38.5 Å². The molecule has 0 saturated carbocycles. The molecule has 2 amide bonds. The number of nitrogens with one attached hydrogen (secondary N) is 1. The van der Waals surface area contributed by atoms with Gasteiger partial charge in [-0.05, 0) is 49.6 Å². The zero-order valence-electron chi connectivity index (χ0n) is 21.9. The summed E-state index contributed by atoms with van der Waals surface area (Å²) in [4.78, 5) is 28.6. The number of benzene rings is 3. The monoisotopic (exact) mass is 506 g/mol. The minimum atomic E-state index is -0.803. The molecule has 0 spiro atoms. The van der Waals surface area contributed by atoms with Crippen LogP contribution in [0, 0.1) is 5.82 Å². The van der Waals surface area contributed by atoms with Gasteiger partial charge in [0.05, 0.1) is 14.2 Å². The molecule has 0 bridgehead atoms. The summed E-state index contributed by atoms with van der Waals surface area (Å²) in [6, 6.07) is 20.5. The van der Waals surface area contributed by atoms with Crippen LogP contribution in [0.3, 0.4) is 0 Å². The van der Waals surface area contributed by atoms with Crippen LogP contribution in [-0.2, 0) is 29.0 Å². The molecule has 7 heteroatoms. The van der Waals surface area contributed by atoms with E-state index in [1.807, 2.05) is 56.3 Å². The standard InChI is InChI=1S/C30H35FN2O4/c1-21(2)32-30(35)26(18-22-10-6-5-7-11-22)33(20-24-12-8-9-13-25(24)31)29(34)17-15-23-14-16-27(36-3)28(19-23)37-4/h5-14,16,19,21,26H,15,17-18,20H2,1-4H3,(H,32,35)/t26-/m0/s1. The smallest absolute Gasteiger partial charge is 0.243 e. The number of carbonyl (C=O) groups is 2. The van der Waals surface area contributed by atoms with E-state index in [4.69, 9.17) is 9.47 Å². The average Bonchev–Trinajstić information content (AvgIpc) is 2.90. The molecule has 0 radical (unpaired) electrons.